The maximum Gasteiger partial charge on any atom is 0.272 e. The van der Waals surface area contributed by atoms with E-state index in [-0.39, 0.29) is 24.3 Å². The van der Waals surface area contributed by atoms with Crippen molar-refractivity contribution in [3.05, 3.63) is 29.6 Å². The molecule has 0 unspecified atom stereocenters. The molecule has 0 saturated heterocycles. The minimum Gasteiger partial charge on any atom is -0.485 e. The van der Waals surface area contributed by atoms with Crippen LogP contribution in [0.5, 0.6) is 5.75 Å². The molecular formula is C19H30F3NO4S. The Labute approximate surface area is 165 Å². The molecule has 1 aromatic rings. The molecule has 1 atom stereocenters. The minimum atomic E-state index is -3.59. The van der Waals surface area contributed by atoms with E-state index in [0.29, 0.717) is 12.3 Å². The number of ether oxygens (including phenoxy) is 1. The van der Waals surface area contributed by atoms with Crippen molar-refractivity contribution in [1.29, 1.82) is 0 Å². The molecule has 0 aromatic heterocycles. The maximum absolute atomic E-state index is 13.8. The third-order valence-electron chi connectivity index (χ3n) is 4.45. The largest absolute Gasteiger partial charge is 0.485 e. The Morgan fingerprint density at radius 2 is 1.93 bits per heavy atom. The molecule has 28 heavy (non-hydrogen) atoms. The van der Waals surface area contributed by atoms with Crippen molar-refractivity contribution >= 4 is 10.0 Å². The summed E-state index contributed by atoms with van der Waals surface area (Å²) in [5.74, 6) is -0.804. The van der Waals surface area contributed by atoms with Gasteiger partial charge in [-0.25, -0.2) is 26.3 Å². The topological polar surface area (TPSA) is 75.6 Å². The second-order valence-corrected chi connectivity index (χ2v) is 9.19. The van der Waals surface area contributed by atoms with E-state index in [1.54, 1.807) is 6.92 Å². The van der Waals surface area contributed by atoms with Crippen molar-refractivity contribution in [2.24, 2.45) is 5.92 Å². The molecule has 9 heteroatoms. The lowest BCUT2D eigenvalue weighted by atomic mass is 9.91. The zero-order chi connectivity index (χ0) is 21.4. The van der Waals surface area contributed by atoms with E-state index in [9.17, 15) is 26.7 Å². The number of nitrogens with one attached hydrogen (secondary N) is 1. The average molecular weight is 426 g/mol. The van der Waals surface area contributed by atoms with Crippen molar-refractivity contribution < 1.29 is 31.4 Å². The lowest BCUT2D eigenvalue weighted by molar-refractivity contribution is 0.0372. The molecule has 0 heterocycles. The standard InChI is InChI=1S/C19H30F3NO4S/c1-4-19(24,13-23-28(25,26)10-6-5-7-14(2)3)15-8-9-16(20)17(11-15)27-12-18(21)22/h8-9,11,14,18,23-24H,4-7,10,12-13H2,1-3H3/t19-/m1/s1. The van der Waals surface area contributed by atoms with Crippen LogP contribution in [0.1, 0.15) is 52.0 Å². The summed E-state index contributed by atoms with van der Waals surface area (Å²) in [5, 5.41) is 10.8. The van der Waals surface area contributed by atoms with Crippen LogP contribution in [0.4, 0.5) is 13.2 Å². The molecule has 0 aliphatic rings. The Morgan fingerprint density at radius 1 is 1.25 bits per heavy atom. The zero-order valence-corrected chi connectivity index (χ0v) is 17.4. The van der Waals surface area contributed by atoms with E-state index in [1.165, 1.54) is 6.07 Å². The van der Waals surface area contributed by atoms with Crippen LogP contribution in [0.2, 0.25) is 0 Å². The lowest BCUT2D eigenvalue weighted by Gasteiger charge is -2.28. The predicted molar refractivity (Wildman–Crippen MR) is 103 cm³/mol. The molecule has 0 amide bonds. The van der Waals surface area contributed by atoms with Crippen LogP contribution in [-0.4, -0.2) is 38.9 Å². The number of sulfonamides is 1. The summed E-state index contributed by atoms with van der Waals surface area (Å²) in [7, 11) is -3.59. The third-order valence-corrected chi connectivity index (χ3v) is 5.86. The number of halogens is 3. The smallest absolute Gasteiger partial charge is 0.272 e. The molecule has 0 saturated carbocycles. The SMILES string of the molecule is CC[C@@](O)(CNS(=O)(=O)CCCCC(C)C)c1ccc(F)c(OCC(F)F)c1. The van der Waals surface area contributed by atoms with Crippen LogP contribution in [0.15, 0.2) is 18.2 Å². The quantitative estimate of drug-likeness (QED) is 0.471. The number of unbranched alkanes of at least 4 members (excludes halogenated alkanes) is 1. The van der Waals surface area contributed by atoms with Gasteiger partial charge >= 0.3 is 0 Å². The van der Waals surface area contributed by atoms with Gasteiger partial charge in [-0.1, -0.05) is 39.7 Å². The molecule has 0 bridgehead atoms. The lowest BCUT2D eigenvalue weighted by Crippen LogP contribution is -2.41. The van der Waals surface area contributed by atoms with E-state index in [1.807, 2.05) is 0 Å². The minimum absolute atomic E-state index is 0.0499. The van der Waals surface area contributed by atoms with E-state index in [2.05, 4.69) is 18.6 Å². The monoisotopic (exact) mass is 425 g/mol. The Balaban J connectivity index is 2.80. The van der Waals surface area contributed by atoms with Crippen molar-refractivity contribution in [2.75, 3.05) is 18.9 Å². The van der Waals surface area contributed by atoms with Gasteiger partial charge in [0.05, 0.1) is 5.75 Å². The predicted octanol–water partition coefficient (Wildman–Crippen LogP) is 3.81. The highest BCUT2D eigenvalue weighted by molar-refractivity contribution is 7.89. The molecule has 1 rings (SSSR count). The normalized spacial score (nSPS) is 14.5. The number of aliphatic hydroxyl groups is 1. The summed E-state index contributed by atoms with van der Waals surface area (Å²) in [5.41, 5.74) is -1.44. The Hall–Kier alpha value is -1.32. The number of alkyl halides is 2. The highest BCUT2D eigenvalue weighted by atomic mass is 32.2. The van der Waals surface area contributed by atoms with Gasteiger partial charge in [0.2, 0.25) is 10.0 Å². The fourth-order valence-electron chi connectivity index (χ4n) is 2.63. The Kier molecular flexibility index (Phi) is 9.73. The van der Waals surface area contributed by atoms with Crippen LogP contribution in [0.25, 0.3) is 0 Å². The van der Waals surface area contributed by atoms with E-state index in [0.717, 1.165) is 25.0 Å². The number of hydrogen-bond acceptors (Lipinski definition) is 4. The molecular weight excluding hydrogens is 395 g/mol. The van der Waals surface area contributed by atoms with Crippen molar-refractivity contribution in [1.82, 2.24) is 4.72 Å². The summed E-state index contributed by atoms with van der Waals surface area (Å²) in [4.78, 5) is 0. The van der Waals surface area contributed by atoms with Gasteiger partial charge < -0.3 is 9.84 Å². The first-order valence-electron chi connectivity index (χ1n) is 9.39. The summed E-state index contributed by atoms with van der Waals surface area (Å²) in [6, 6.07) is 3.40. The molecule has 0 aliphatic heterocycles. The van der Waals surface area contributed by atoms with Gasteiger partial charge in [0.1, 0.15) is 12.2 Å². The van der Waals surface area contributed by atoms with Crippen molar-refractivity contribution in [2.45, 2.75) is 58.5 Å². The molecule has 162 valence electrons. The molecule has 0 aliphatic carbocycles. The summed E-state index contributed by atoms with van der Waals surface area (Å²) in [6.07, 6.45) is -0.399. The summed E-state index contributed by atoms with van der Waals surface area (Å²) in [6.45, 7) is 4.48. The fraction of sp³-hybridized carbons (Fsp3) is 0.684. The number of hydrogen-bond donors (Lipinski definition) is 2. The molecule has 2 N–H and O–H groups in total. The van der Waals surface area contributed by atoms with Crippen molar-refractivity contribution in [3.8, 4) is 5.75 Å². The Bertz CT molecular complexity index is 713. The number of rotatable bonds is 13. The van der Waals surface area contributed by atoms with Gasteiger partial charge in [0.25, 0.3) is 6.43 Å². The summed E-state index contributed by atoms with van der Waals surface area (Å²) >= 11 is 0. The summed E-state index contributed by atoms with van der Waals surface area (Å²) < 4.78 is 69.8. The first kappa shape index (κ1) is 24.7. The maximum atomic E-state index is 13.8. The molecule has 0 spiro atoms. The molecule has 1 aromatic carbocycles. The van der Waals surface area contributed by atoms with Gasteiger partial charge in [-0.3, -0.25) is 0 Å². The van der Waals surface area contributed by atoms with Gasteiger partial charge in [0.15, 0.2) is 11.6 Å². The van der Waals surface area contributed by atoms with Gasteiger partial charge in [-0.15, -0.1) is 0 Å². The van der Waals surface area contributed by atoms with Gasteiger partial charge in [-0.05, 0) is 36.5 Å². The van der Waals surface area contributed by atoms with Crippen LogP contribution < -0.4 is 9.46 Å². The highest BCUT2D eigenvalue weighted by Gasteiger charge is 2.30. The van der Waals surface area contributed by atoms with Crippen LogP contribution in [0.3, 0.4) is 0 Å². The second-order valence-electron chi connectivity index (χ2n) is 7.26. The third kappa shape index (κ3) is 8.36. The van der Waals surface area contributed by atoms with Crippen LogP contribution >= 0.6 is 0 Å². The fourth-order valence-corrected chi connectivity index (χ4v) is 3.82. The van der Waals surface area contributed by atoms with Gasteiger partial charge in [-0.2, -0.15) is 0 Å². The van der Waals surface area contributed by atoms with Gasteiger partial charge in [0, 0.05) is 6.54 Å². The highest BCUT2D eigenvalue weighted by Crippen LogP contribution is 2.29. The molecule has 5 nitrogen and oxygen atoms in total. The zero-order valence-electron chi connectivity index (χ0n) is 16.6. The average Bonchev–Trinajstić information content (AvgIpc) is 2.62. The molecule has 0 radical (unpaired) electrons. The molecule has 0 fully saturated rings. The first-order chi connectivity index (χ1) is 13.0. The van der Waals surface area contributed by atoms with Crippen LogP contribution in [0, 0.1) is 11.7 Å². The first-order valence-corrected chi connectivity index (χ1v) is 11.0. The van der Waals surface area contributed by atoms with Crippen molar-refractivity contribution in [3.63, 3.8) is 0 Å². The van der Waals surface area contributed by atoms with E-state index >= 15 is 0 Å². The van der Waals surface area contributed by atoms with Crippen LogP contribution in [-0.2, 0) is 15.6 Å². The van der Waals surface area contributed by atoms with E-state index in [4.69, 9.17) is 4.74 Å². The second kappa shape index (κ2) is 11.0. The Morgan fingerprint density at radius 3 is 2.50 bits per heavy atom. The number of benzene rings is 1. The van der Waals surface area contributed by atoms with E-state index < -0.39 is 40.2 Å².